The van der Waals surface area contributed by atoms with Crippen LogP contribution in [0.25, 0.3) is 0 Å². The van der Waals surface area contributed by atoms with Crippen molar-refractivity contribution in [3.63, 3.8) is 0 Å². The van der Waals surface area contributed by atoms with E-state index < -0.39 is 0 Å². The highest BCUT2D eigenvalue weighted by atomic mass is 19.1. The Balaban J connectivity index is 2.02. The molecule has 0 atom stereocenters. The minimum absolute atomic E-state index is 0.278. The molecule has 76 valence electrons. The predicted octanol–water partition coefficient (Wildman–Crippen LogP) is 1.13. The van der Waals surface area contributed by atoms with E-state index in [0.717, 1.165) is 13.1 Å². The minimum atomic E-state index is -0.278. The maximum Gasteiger partial charge on any atom is 0.148 e. The first kappa shape index (κ1) is 9.27. The van der Waals surface area contributed by atoms with Crippen LogP contribution in [0.3, 0.4) is 0 Å². The Morgan fingerprint density at radius 1 is 1.50 bits per heavy atom. The fourth-order valence-electron chi connectivity index (χ4n) is 1.66. The summed E-state index contributed by atoms with van der Waals surface area (Å²) in [6, 6.07) is 5.08. The van der Waals surface area contributed by atoms with Crippen molar-refractivity contribution < 1.29 is 4.39 Å². The lowest BCUT2D eigenvalue weighted by Gasteiger charge is -2.37. The van der Waals surface area contributed by atoms with Crippen LogP contribution in [-0.2, 0) is 0 Å². The van der Waals surface area contributed by atoms with Crippen molar-refractivity contribution in [1.82, 2.24) is 4.90 Å². The van der Waals surface area contributed by atoms with E-state index in [1.54, 1.807) is 12.1 Å². The quantitative estimate of drug-likeness (QED) is 0.695. The zero-order valence-electron chi connectivity index (χ0n) is 8.13. The van der Waals surface area contributed by atoms with E-state index in [2.05, 4.69) is 10.2 Å². The van der Waals surface area contributed by atoms with Gasteiger partial charge in [-0.05, 0) is 25.2 Å². The van der Waals surface area contributed by atoms with Gasteiger partial charge in [0.2, 0.25) is 0 Å². The molecule has 2 rings (SSSR count). The third-order valence-corrected chi connectivity index (χ3v) is 2.42. The third kappa shape index (κ3) is 1.80. The second-order valence-corrected chi connectivity index (χ2v) is 3.80. The standard InChI is InChI=1S/C10H14FN3/c1-14-5-8(6-14)13-10-3-2-7(12)4-9(10)11/h2-4,8,13H,5-6,12H2,1H3. The topological polar surface area (TPSA) is 41.3 Å². The normalized spacial score (nSPS) is 17.9. The number of anilines is 2. The number of nitrogens with zero attached hydrogens (tertiary/aromatic N) is 1. The molecule has 1 aromatic rings. The van der Waals surface area contributed by atoms with Crippen molar-refractivity contribution in [2.24, 2.45) is 0 Å². The first-order chi connectivity index (χ1) is 6.65. The lowest BCUT2D eigenvalue weighted by atomic mass is 10.1. The molecule has 0 radical (unpaired) electrons. The summed E-state index contributed by atoms with van der Waals surface area (Å²) < 4.78 is 13.3. The second-order valence-electron chi connectivity index (χ2n) is 3.80. The molecule has 0 spiro atoms. The lowest BCUT2D eigenvalue weighted by Crippen LogP contribution is -2.52. The van der Waals surface area contributed by atoms with E-state index in [-0.39, 0.29) is 5.82 Å². The fourth-order valence-corrected chi connectivity index (χ4v) is 1.66. The number of halogens is 1. The van der Waals surface area contributed by atoms with E-state index >= 15 is 0 Å². The molecule has 0 amide bonds. The Morgan fingerprint density at radius 3 is 2.79 bits per heavy atom. The van der Waals surface area contributed by atoms with Gasteiger partial charge in [-0.15, -0.1) is 0 Å². The summed E-state index contributed by atoms with van der Waals surface area (Å²) in [4.78, 5) is 2.17. The van der Waals surface area contributed by atoms with Crippen molar-refractivity contribution in [3.05, 3.63) is 24.0 Å². The number of nitrogens with two attached hydrogens (primary N) is 1. The molecular formula is C10H14FN3. The van der Waals surface area contributed by atoms with Gasteiger partial charge in [0.05, 0.1) is 11.7 Å². The molecule has 1 aromatic carbocycles. The van der Waals surface area contributed by atoms with Crippen molar-refractivity contribution >= 4 is 11.4 Å². The summed E-state index contributed by atoms with van der Waals surface area (Å²) in [5.74, 6) is -0.278. The van der Waals surface area contributed by atoms with Crippen molar-refractivity contribution in [3.8, 4) is 0 Å². The Labute approximate surface area is 82.7 Å². The summed E-state index contributed by atoms with van der Waals surface area (Å²) in [6.07, 6.45) is 0. The van der Waals surface area contributed by atoms with Crippen LogP contribution in [0, 0.1) is 5.82 Å². The Morgan fingerprint density at radius 2 is 2.21 bits per heavy atom. The first-order valence-electron chi connectivity index (χ1n) is 4.65. The van der Waals surface area contributed by atoms with E-state index in [0.29, 0.717) is 17.4 Å². The zero-order chi connectivity index (χ0) is 10.1. The van der Waals surface area contributed by atoms with Gasteiger partial charge in [0, 0.05) is 18.8 Å². The molecule has 1 aliphatic heterocycles. The van der Waals surface area contributed by atoms with Gasteiger partial charge in [-0.25, -0.2) is 4.39 Å². The van der Waals surface area contributed by atoms with Crippen LogP contribution in [0.2, 0.25) is 0 Å². The highest BCUT2D eigenvalue weighted by Crippen LogP contribution is 2.19. The lowest BCUT2D eigenvalue weighted by molar-refractivity contribution is 0.205. The van der Waals surface area contributed by atoms with Gasteiger partial charge in [0.15, 0.2) is 0 Å². The molecule has 0 bridgehead atoms. The monoisotopic (exact) mass is 195 g/mol. The molecule has 0 saturated carbocycles. The van der Waals surface area contributed by atoms with Gasteiger partial charge in [0.25, 0.3) is 0 Å². The molecule has 0 aromatic heterocycles. The van der Waals surface area contributed by atoms with Crippen LogP contribution < -0.4 is 11.1 Å². The van der Waals surface area contributed by atoms with Gasteiger partial charge in [0.1, 0.15) is 5.82 Å². The van der Waals surface area contributed by atoms with Gasteiger partial charge < -0.3 is 16.0 Å². The Bertz CT molecular complexity index is 334. The molecule has 4 heteroatoms. The summed E-state index contributed by atoms with van der Waals surface area (Å²) >= 11 is 0. The van der Waals surface area contributed by atoms with E-state index in [1.807, 2.05) is 7.05 Å². The number of likely N-dealkylation sites (N-methyl/N-ethyl adjacent to an activating group) is 1. The Kier molecular flexibility index (Phi) is 2.29. The molecular weight excluding hydrogens is 181 g/mol. The molecule has 1 aliphatic rings. The van der Waals surface area contributed by atoms with E-state index in [1.165, 1.54) is 6.07 Å². The van der Waals surface area contributed by atoms with Crippen LogP contribution in [0.5, 0.6) is 0 Å². The summed E-state index contributed by atoms with van der Waals surface area (Å²) in [5.41, 5.74) is 6.45. The van der Waals surface area contributed by atoms with E-state index in [4.69, 9.17) is 5.73 Å². The van der Waals surface area contributed by atoms with Gasteiger partial charge in [-0.1, -0.05) is 0 Å². The van der Waals surface area contributed by atoms with Gasteiger partial charge in [-0.3, -0.25) is 0 Å². The number of benzene rings is 1. The van der Waals surface area contributed by atoms with Crippen LogP contribution >= 0.6 is 0 Å². The smallest absolute Gasteiger partial charge is 0.148 e. The molecule has 3 nitrogen and oxygen atoms in total. The maximum atomic E-state index is 13.3. The zero-order valence-corrected chi connectivity index (χ0v) is 8.13. The molecule has 0 aliphatic carbocycles. The van der Waals surface area contributed by atoms with Crippen LogP contribution in [0.4, 0.5) is 15.8 Å². The van der Waals surface area contributed by atoms with Crippen LogP contribution in [-0.4, -0.2) is 31.1 Å². The number of hydrogen-bond donors (Lipinski definition) is 2. The Hall–Kier alpha value is -1.29. The van der Waals surface area contributed by atoms with Gasteiger partial charge >= 0.3 is 0 Å². The summed E-state index contributed by atoms with van der Waals surface area (Å²) in [6.45, 7) is 1.92. The van der Waals surface area contributed by atoms with Crippen molar-refractivity contribution in [2.45, 2.75) is 6.04 Å². The SMILES string of the molecule is CN1CC(Nc2ccc(N)cc2F)C1. The fraction of sp³-hybridized carbons (Fsp3) is 0.400. The second kappa shape index (κ2) is 3.46. The average Bonchev–Trinajstić information content (AvgIpc) is 2.06. The van der Waals surface area contributed by atoms with Gasteiger partial charge in [-0.2, -0.15) is 0 Å². The molecule has 1 fully saturated rings. The van der Waals surface area contributed by atoms with Crippen LogP contribution in [0.15, 0.2) is 18.2 Å². The first-order valence-corrected chi connectivity index (χ1v) is 4.65. The van der Waals surface area contributed by atoms with Crippen molar-refractivity contribution in [1.29, 1.82) is 0 Å². The molecule has 1 saturated heterocycles. The molecule has 1 heterocycles. The van der Waals surface area contributed by atoms with Crippen molar-refractivity contribution in [2.75, 3.05) is 31.2 Å². The highest BCUT2D eigenvalue weighted by Gasteiger charge is 2.23. The summed E-state index contributed by atoms with van der Waals surface area (Å²) in [5, 5.41) is 3.13. The predicted molar refractivity (Wildman–Crippen MR) is 55.7 cm³/mol. The molecule has 3 N–H and O–H groups in total. The highest BCUT2D eigenvalue weighted by molar-refractivity contribution is 5.53. The molecule has 14 heavy (non-hydrogen) atoms. The minimum Gasteiger partial charge on any atom is -0.399 e. The molecule has 0 unspecified atom stereocenters. The largest absolute Gasteiger partial charge is 0.399 e. The average molecular weight is 195 g/mol. The summed E-state index contributed by atoms with van der Waals surface area (Å²) in [7, 11) is 2.04. The number of hydrogen-bond acceptors (Lipinski definition) is 3. The third-order valence-electron chi connectivity index (χ3n) is 2.42. The maximum absolute atomic E-state index is 13.3. The van der Waals surface area contributed by atoms with Crippen LogP contribution in [0.1, 0.15) is 0 Å². The number of likely N-dealkylation sites (tertiary alicyclic amines) is 1. The number of rotatable bonds is 2. The number of nitrogens with one attached hydrogen (secondary N) is 1. The number of nitrogen functional groups attached to an aromatic ring is 1. The van der Waals surface area contributed by atoms with E-state index in [9.17, 15) is 4.39 Å².